The maximum Gasteiger partial charge on any atom is 0.140 e. The topological polar surface area (TPSA) is 70.6 Å². The van der Waals surface area contributed by atoms with Crippen molar-refractivity contribution in [1.82, 2.24) is 5.32 Å². The van der Waals surface area contributed by atoms with Gasteiger partial charge in [0.15, 0.2) is 0 Å². The third-order valence-electron chi connectivity index (χ3n) is 2.23. The molecule has 0 bridgehead atoms. The second-order valence-corrected chi connectivity index (χ2v) is 4.04. The zero-order chi connectivity index (χ0) is 11.0. The summed E-state index contributed by atoms with van der Waals surface area (Å²) >= 11 is 0. The number of hydrogen-bond acceptors (Lipinski definition) is 3. The Balaban J connectivity index is 3.69. The summed E-state index contributed by atoms with van der Waals surface area (Å²) in [4.78, 5) is 0. The highest BCUT2D eigenvalue weighted by Crippen LogP contribution is 2.01. The molecule has 4 heteroatoms. The normalized spacial score (nSPS) is 14.7. The van der Waals surface area contributed by atoms with Gasteiger partial charge in [-0.05, 0) is 25.3 Å². The van der Waals surface area contributed by atoms with Gasteiger partial charge in [0.1, 0.15) is 5.84 Å². The van der Waals surface area contributed by atoms with E-state index in [1.807, 2.05) is 0 Å². The summed E-state index contributed by atoms with van der Waals surface area (Å²) in [7, 11) is 0. The van der Waals surface area contributed by atoms with Gasteiger partial charge in [-0.2, -0.15) is 0 Å². The summed E-state index contributed by atoms with van der Waals surface area (Å²) in [6.45, 7) is 7.49. The molecule has 14 heavy (non-hydrogen) atoms. The zero-order valence-electron chi connectivity index (χ0n) is 9.45. The molecule has 0 fully saturated rings. The van der Waals surface area contributed by atoms with Gasteiger partial charge >= 0.3 is 0 Å². The van der Waals surface area contributed by atoms with Crippen LogP contribution >= 0.6 is 0 Å². The SMILES string of the molecule is CCC(CC(N)=NO)NCCC(C)C. The van der Waals surface area contributed by atoms with Crippen LogP contribution in [-0.4, -0.2) is 23.6 Å². The Hall–Kier alpha value is -0.770. The molecule has 0 heterocycles. The van der Waals surface area contributed by atoms with Crippen LogP contribution in [0.2, 0.25) is 0 Å². The molecular weight excluding hydrogens is 178 g/mol. The van der Waals surface area contributed by atoms with Gasteiger partial charge in [0.05, 0.1) is 0 Å². The molecule has 0 aliphatic rings. The molecule has 0 aliphatic heterocycles. The van der Waals surface area contributed by atoms with Crippen LogP contribution in [0.5, 0.6) is 0 Å². The molecule has 0 saturated carbocycles. The molecule has 0 aromatic carbocycles. The Kier molecular flexibility index (Phi) is 7.20. The molecule has 4 nitrogen and oxygen atoms in total. The molecule has 0 aromatic rings. The van der Waals surface area contributed by atoms with Crippen LogP contribution < -0.4 is 11.1 Å². The van der Waals surface area contributed by atoms with E-state index in [-0.39, 0.29) is 0 Å². The molecule has 0 amide bonds. The fourth-order valence-electron chi connectivity index (χ4n) is 1.23. The van der Waals surface area contributed by atoms with E-state index in [2.05, 4.69) is 31.2 Å². The highest BCUT2D eigenvalue weighted by molar-refractivity contribution is 5.80. The number of rotatable bonds is 7. The number of hydrogen-bond donors (Lipinski definition) is 3. The Labute approximate surface area is 86.6 Å². The number of amidine groups is 1. The minimum absolute atomic E-state index is 0.300. The Bertz CT molecular complexity index is 169. The van der Waals surface area contributed by atoms with E-state index in [1.54, 1.807) is 0 Å². The minimum Gasteiger partial charge on any atom is -0.409 e. The van der Waals surface area contributed by atoms with Gasteiger partial charge in [-0.15, -0.1) is 0 Å². The summed E-state index contributed by atoms with van der Waals surface area (Å²) in [5.74, 6) is 1.01. The molecule has 0 saturated heterocycles. The van der Waals surface area contributed by atoms with E-state index < -0.39 is 0 Å². The Morgan fingerprint density at radius 2 is 2.14 bits per heavy atom. The lowest BCUT2D eigenvalue weighted by Crippen LogP contribution is -2.34. The van der Waals surface area contributed by atoms with Gasteiger partial charge in [0.2, 0.25) is 0 Å². The van der Waals surface area contributed by atoms with Crippen molar-refractivity contribution in [3.05, 3.63) is 0 Å². The van der Waals surface area contributed by atoms with Crippen LogP contribution in [0.4, 0.5) is 0 Å². The van der Waals surface area contributed by atoms with Crippen molar-refractivity contribution in [2.75, 3.05) is 6.54 Å². The number of oxime groups is 1. The highest BCUT2D eigenvalue weighted by atomic mass is 16.4. The van der Waals surface area contributed by atoms with Crippen LogP contribution in [-0.2, 0) is 0 Å². The lowest BCUT2D eigenvalue weighted by atomic mass is 10.1. The summed E-state index contributed by atoms with van der Waals surface area (Å²) in [6.07, 6.45) is 2.77. The van der Waals surface area contributed by atoms with E-state index in [1.165, 1.54) is 0 Å². The molecule has 0 spiro atoms. The van der Waals surface area contributed by atoms with E-state index in [4.69, 9.17) is 10.9 Å². The average Bonchev–Trinajstić information content (AvgIpc) is 2.15. The maximum absolute atomic E-state index is 8.43. The van der Waals surface area contributed by atoms with Gasteiger partial charge in [0, 0.05) is 12.5 Å². The van der Waals surface area contributed by atoms with Crippen molar-refractivity contribution in [2.45, 2.75) is 46.1 Å². The fraction of sp³-hybridized carbons (Fsp3) is 0.900. The van der Waals surface area contributed by atoms with Gasteiger partial charge < -0.3 is 16.3 Å². The summed E-state index contributed by atoms with van der Waals surface area (Å²) in [5, 5.41) is 14.8. The monoisotopic (exact) mass is 201 g/mol. The second-order valence-electron chi connectivity index (χ2n) is 4.04. The quantitative estimate of drug-likeness (QED) is 0.253. The third-order valence-corrected chi connectivity index (χ3v) is 2.23. The predicted octanol–water partition coefficient (Wildman–Crippen LogP) is 1.54. The Morgan fingerprint density at radius 3 is 2.57 bits per heavy atom. The predicted molar refractivity (Wildman–Crippen MR) is 59.6 cm³/mol. The van der Waals surface area contributed by atoms with E-state index in [9.17, 15) is 0 Å². The van der Waals surface area contributed by atoms with Gasteiger partial charge in [-0.25, -0.2) is 0 Å². The molecule has 0 radical (unpaired) electrons. The summed E-state index contributed by atoms with van der Waals surface area (Å²) in [6, 6.07) is 0.324. The summed E-state index contributed by atoms with van der Waals surface area (Å²) < 4.78 is 0. The van der Waals surface area contributed by atoms with Crippen LogP contribution in [0.1, 0.15) is 40.0 Å². The first-order valence-electron chi connectivity index (χ1n) is 5.29. The number of nitrogens with two attached hydrogens (primary N) is 1. The van der Waals surface area contributed by atoms with Crippen LogP contribution in [0.3, 0.4) is 0 Å². The molecule has 1 atom stereocenters. The largest absolute Gasteiger partial charge is 0.409 e. The molecule has 0 aliphatic carbocycles. The van der Waals surface area contributed by atoms with E-state index in [0.717, 1.165) is 19.4 Å². The molecule has 1 unspecified atom stereocenters. The molecule has 84 valence electrons. The lowest BCUT2D eigenvalue weighted by Gasteiger charge is -2.16. The summed E-state index contributed by atoms with van der Waals surface area (Å²) in [5.41, 5.74) is 5.44. The Morgan fingerprint density at radius 1 is 1.50 bits per heavy atom. The standard InChI is InChI=1S/C10H23N3O/c1-4-9(7-10(11)13-14)12-6-5-8(2)3/h8-9,12,14H,4-7H2,1-3H3,(H2,11,13). The van der Waals surface area contributed by atoms with Crippen molar-refractivity contribution in [3.63, 3.8) is 0 Å². The third kappa shape index (κ3) is 6.71. The first kappa shape index (κ1) is 13.2. The number of nitrogens with one attached hydrogen (secondary N) is 1. The molecule has 0 rings (SSSR count). The van der Waals surface area contributed by atoms with E-state index >= 15 is 0 Å². The number of nitrogens with zero attached hydrogens (tertiary/aromatic N) is 1. The van der Waals surface area contributed by atoms with Crippen molar-refractivity contribution in [3.8, 4) is 0 Å². The van der Waals surface area contributed by atoms with Crippen LogP contribution in [0.25, 0.3) is 0 Å². The molecular formula is C10H23N3O. The molecule has 4 N–H and O–H groups in total. The van der Waals surface area contributed by atoms with Crippen LogP contribution in [0.15, 0.2) is 5.16 Å². The van der Waals surface area contributed by atoms with Gasteiger partial charge in [0.25, 0.3) is 0 Å². The van der Waals surface area contributed by atoms with Crippen molar-refractivity contribution in [2.24, 2.45) is 16.8 Å². The first-order chi connectivity index (χ1) is 6.60. The fourth-order valence-corrected chi connectivity index (χ4v) is 1.23. The molecule has 0 aromatic heterocycles. The van der Waals surface area contributed by atoms with Crippen molar-refractivity contribution >= 4 is 5.84 Å². The zero-order valence-corrected chi connectivity index (χ0v) is 9.45. The maximum atomic E-state index is 8.43. The van der Waals surface area contributed by atoms with Gasteiger partial charge in [-0.3, -0.25) is 0 Å². The lowest BCUT2D eigenvalue weighted by molar-refractivity contribution is 0.315. The first-order valence-corrected chi connectivity index (χ1v) is 5.29. The average molecular weight is 201 g/mol. The van der Waals surface area contributed by atoms with Gasteiger partial charge in [-0.1, -0.05) is 25.9 Å². The highest BCUT2D eigenvalue weighted by Gasteiger charge is 2.07. The second kappa shape index (κ2) is 7.62. The van der Waals surface area contributed by atoms with E-state index in [0.29, 0.717) is 24.2 Å². The van der Waals surface area contributed by atoms with Crippen LogP contribution in [0, 0.1) is 5.92 Å². The minimum atomic E-state index is 0.300. The van der Waals surface area contributed by atoms with Crippen molar-refractivity contribution < 1.29 is 5.21 Å². The smallest absolute Gasteiger partial charge is 0.140 e. The van der Waals surface area contributed by atoms with Crippen molar-refractivity contribution in [1.29, 1.82) is 0 Å².